The van der Waals surface area contributed by atoms with Crippen molar-refractivity contribution in [3.63, 3.8) is 0 Å². The molecule has 0 saturated heterocycles. The van der Waals surface area contributed by atoms with Crippen LogP contribution in [0.25, 0.3) is 6.08 Å². The highest BCUT2D eigenvalue weighted by atomic mass is 32.2. The van der Waals surface area contributed by atoms with Gasteiger partial charge in [0.15, 0.2) is 0 Å². The number of methoxy groups -OCH3 is 1. The molecule has 2 aromatic carbocycles. The molecule has 0 aliphatic rings. The second-order valence-electron chi connectivity index (χ2n) is 3.50. The lowest BCUT2D eigenvalue weighted by Crippen LogP contribution is -1.89. The van der Waals surface area contributed by atoms with Crippen LogP contribution in [0.2, 0.25) is 0 Å². The Morgan fingerprint density at radius 2 is 1.82 bits per heavy atom. The van der Waals surface area contributed by atoms with E-state index in [4.69, 9.17) is 4.74 Å². The fourth-order valence-corrected chi connectivity index (χ4v) is 2.60. The van der Waals surface area contributed by atoms with E-state index in [0.717, 1.165) is 16.2 Å². The fraction of sp³-hybridized carbons (Fsp3) is 0.0667. The van der Waals surface area contributed by atoms with Gasteiger partial charge in [-0.25, -0.2) is 0 Å². The summed E-state index contributed by atoms with van der Waals surface area (Å²) in [4.78, 5) is 2.31. The highest BCUT2D eigenvalue weighted by Gasteiger charge is 2.07. The molecule has 0 spiro atoms. The summed E-state index contributed by atoms with van der Waals surface area (Å²) in [6.45, 7) is 3.80. The second-order valence-corrected chi connectivity index (χ2v) is 4.61. The van der Waals surface area contributed by atoms with Crippen LogP contribution in [0, 0.1) is 0 Å². The zero-order valence-electron chi connectivity index (χ0n) is 9.72. The molecule has 1 nitrogen and oxygen atoms in total. The molecular formula is C15H14OS. The Hall–Kier alpha value is -1.67. The largest absolute Gasteiger partial charge is 0.495 e. The van der Waals surface area contributed by atoms with Gasteiger partial charge in [0.1, 0.15) is 5.75 Å². The van der Waals surface area contributed by atoms with Crippen LogP contribution in [0.5, 0.6) is 5.75 Å². The van der Waals surface area contributed by atoms with E-state index in [9.17, 15) is 0 Å². The zero-order chi connectivity index (χ0) is 12.1. The molecule has 86 valence electrons. The molecule has 0 bridgehead atoms. The Bertz CT molecular complexity index is 506. The van der Waals surface area contributed by atoms with Crippen LogP contribution < -0.4 is 4.74 Å². The molecule has 0 aliphatic heterocycles. The maximum absolute atomic E-state index is 5.45. The van der Waals surface area contributed by atoms with Crippen molar-refractivity contribution in [3.05, 3.63) is 60.7 Å². The molecular weight excluding hydrogens is 228 g/mol. The summed E-state index contributed by atoms with van der Waals surface area (Å²) < 4.78 is 5.45. The first-order valence-corrected chi connectivity index (χ1v) is 6.19. The van der Waals surface area contributed by atoms with Crippen molar-refractivity contribution in [2.75, 3.05) is 7.11 Å². The molecule has 0 saturated carbocycles. The minimum atomic E-state index is 0.886. The van der Waals surface area contributed by atoms with Crippen molar-refractivity contribution in [2.24, 2.45) is 0 Å². The van der Waals surface area contributed by atoms with Gasteiger partial charge in [0.05, 0.1) is 12.0 Å². The zero-order valence-corrected chi connectivity index (χ0v) is 10.5. The Balaban J connectivity index is 2.36. The molecule has 2 rings (SSSR count). The molecule has 0 unspecified atom stereocenters. The smallest absolute Gasteiger partial charge is 0.139 e. The van der Waals surface area contributed by atoms with Crippen LogP contribution >= 0.6 is 11.8 Å². The molecule has 0 N–H and O–H groups in total. The van der Waals surface area contributed by atoms with Gasteiger partial charge in [0, 0.05) is 10.5 Å². The monoisotopic (exact) mass is 242 g/mol. The standard InChI is InChI=1S/C15H14OS/c1-3-12-8-7-11-14(15(12)16-2)17-13-9-5-4-6-10-13/h3-11H,1H2,2H3. The van der Waals surface area contributed by atoms with Gasteiger partial charge in [0.2, 0.25) is 0 Å². The van der Waals surface area contributed by atoms with E-state index >= 15 is 0 Å². The maximum atomic E-state index is 5.45. The van der Waals surface area contributed by atoms with Crippen molar-refractivity contribution >= 4 is 17.8 Å². The summed E-state index contributed by atoms with van der Waals surface area (Å²) in [5.74, 6) is 0.886. The van der Waals surface area contributed by atoms with Crippen LogP contribution in [0.4, 0.5) is 0 Å². The minimum absolute atomic E-state index is 0.886. The average Bonchev–Trinajstić information content (AvgIpc) is 2.39. The van der Waals surface area contributed by atoms with E-state index in [2.05, 4.69) is 24.8 Å². The molecule has 0 amide bonds. The number of rotatable bonds is 4. The number of benzene rings is 2. The average molecular weight is 242 g/mol. The number of hydrogen-bond donors (Lipinski definition) is 0. The molecule has 0 aliphatic carbocycles. The molecule has 0 aromatic heterocycles. The van der Waals surface area contributed by atoms with E-state index < -0.39 is 0 Å². The SMILES string of the molecule is C=Cc1cccc(Sc2ccccc2)c1OC. The predicted molar refractivity (Wildman–Crippen MR) is 73.7 cm³/mol. The van der Waals surface area contributed by atoms with E-state index in [1.165, 1.54) is 4.90 Å². The highest BCUT2D eigenvalue weighted by molar-refractivity contribution is 7.99. The van der Waals surface area contributed by atoms with Crippen LogP contribution in [-0.4, -0.2) is 7.11 Å². The summed E-state index contributed by atoms with van der Waals surface area (Å²) in [6, 6.07) is 16.3. The van der Waals surface area contributed by atoms with Gasteiger partial charge in [-0.3, -0.25) is 0 Å². The van der Waals surface area contributed by atoms with E-state index in [0.29, 0.717) is 0 Å². The van der Waals surface area contributed by atoms with Crippen molar-refractivity contribution in [2.45, 2.75) is 9.79 Å². The lowest BCUT2D eigenvalue weighted by atomic mass is 10.2. The van der Waals surface area contributed by atoms with Gasteiger partial charge in [-0.15, -0.1) is 0 Å². The number of ether oxygens (including phenoxy) is 1. The van der Waals surface area contributed by atoms with Gasteiger partial charge >= 0.3 is 0 Å². The van der Waals surface area contributed by atoms with E-state index in [-0.39, 0.29) is 0 Å². The molecule has 0 atom stereocenters. The molecule has 0 radical (unpaired) electrons. The highest BCUT2D eigenvalue weighted by Crippen LogP contribution is 2.37. The van der Waals surface area contributed by atoms with Crippen LogP contribution in [0.15, 0.2) is 64.9 Å². The van der Waals surface area contributed by atoms with Crippen molar-refractivity contribution < 1.29 is 4.74 Å². The van der Waals surface area contributed by atoms with E-state index in [1.54, 1.807) is 18.9 Å². The lowest BCUT2D eigenvalue weighted by Gasteiger charge is -2.10. The van der Waals surface area contributed by atoms with Gasteiger partial charge < -0.3 is 4.74 Å². The third-order valence-electron chi connectivity index (χ3n) is 2.40. The van der Waals surface area contributed by atoms with Crippen molar-refractivity contribution in [1.29, 1.82) is 0 Å². The number of para-hydroxylation sites is 1. The first kappa shape index (κ1) is 11.8. The van der Waals surface area contributed by atoms with Crippen LogP contribution in [0.3, 0.4) is 0 Å². The maximum Gasteiger partial charge on any atom is 0.139 e. The van der Waals surface area contributed by atoms with Gasteiger partial charge in [-0.2, -0.15) is 0 Å². The summed E-state index contributed by atoms with van der Waals surface area (Å²) in [5, 5.41) is 0. The molecule has 17 heavy (non-hydrogen) atoms. The normalized spacial score (nSPS) is 9.94. The van der Waals surface area contributed by atoms with Crippen molar-refractivity contribution in [1.82, 2.24) is 0 Å². The Morgan fingerprint density at radius 1 is 1.06 bits per heavy atom. The van der Waals surface area contributed by atoms with Crippen molar-refractivity contribution in [3.8, 4) is 5.75 Å². The quantitative estimate of drug-likeness (QED) is 0.781. The molecule has 2 aromatic rings. The van der Waals surface area contributed by atoms with Gasteiger partial charge in [-0.1, -0.05) is 54.7 Å². The Morgan fingerprint density at radius 3 is 2.47 bits per heavy atom. The minimum Gasteiger partial charge on any atom is -0.495 e. The van der Waals surface area contributed by atoms with Gasteiger partial charge in [-0.05, 0) is 18.2 Å². The Kier molecular flexibility index (Phi) is 3.89. The van der Waals surface area contributed by atoms with Crippen LogP contribution in [-0.2, 0) is 0 Å². The third-order valence-corrected chi connectivity index (χ3v) is 3.45. The summed E-state index contributed by atoms with van der Waals surface area (Å²) in [7, 11) is 1.69. The molecule has 0 heterocycles. The fourth-order valence-electron chi connectivity index (χ4n) is 1.61. The first-order valence-electron chi connectivity index (χ1n) is 5.37. The predicted octanol–water partition coefficient (Wildman–Crippen LogP) is 4.49. The second kappa shape index (κ2) is 5.60. The third kappa shape index (κ3) is 2.71. The first-order chi connectivity index (χ1) is 8.35. The van der Waals surface area contributed by atoms with Gasteiger partial charge in [0.25, 0.3) is 0 Å². The molecule has 0 fully saturated rings. The Labute approximate surface area is 106 Å². The number of hydrogen-bond acceptors (Lipinski definition) is 2. The summed E-state index contributed by atoms with van der Waals surface area (Å²) in [5.41, 5.74) is 1.02. The lowest BCUT2D eigenvalue weighted by molar-refractivity contribution is 0.404. The molecule has 2 heteroatoms. The van der Waals surface area contributed by atoms with E-state index in [1.807, 2.05) is 36.4 Å². The summed E-state index contributed by atoms with van der Waals surface area (Å²) in [6.07, 6.45) is 1.81. The topological polar surface area (TPSA) is 9.23 Å². The van der Waals surface area contributed by atoms with Crippen LogP contribution in [0.1, 0.15) is 5.56 Å². The summed E-state index contributed by atoms with van der Waals surface area (Å²) >= 11 is 1.70.